The molecule has 2 heterocycles. The maximum atomic E-state index is 6.17. The number of hydrogen-bond donors (Lipinski definition) is 1. The second-order valence-corrected chi connectivity index (χ2v) is 7.71. The van der Waals surface area contributed by atoms with Crippen LogP contribution in [0.1, 0.15) is 52.4 Å². The van der Waals surface area contributed by atoms with Gasteiger partial charge in [-0.3, -0.25) is 0 Å². The molecule has 0 aromatic heterocycles. The lowest BCUT2D eigenvalue weighted by Gasteiger charge is -2.43. The molecular weight excluding hydrogens is 242 g/mol. The zero-order valence-corrected chi connectivity index (χ0v) is 12.8. The van der Waals surface area contributed by atoms with E-state index in [1.807, 2.05) is 0 Å². The van der Waals surface area contributed by atoms with Gasteiger partial charge < -0.3 is 10.5 Å². The van der Waals surface area contributed by atoms with E-state index in [4.69, 9.17) is 10.5 Å². The van der Waals surface area contributed by atoms with Crippen molar-refractivity contribution in [2.75, 3.05) is 18.1 Å². The van der Waals surface area contributed by atoms with Crippen molar-refractivity contribution in [2.24, 2.45) is 17.6 Å². The molecule has 2 N–H and O–H groups in total. The molecule has 0 bridgehead atoms. The van der Waals surface area contributed by atoms with Gasteiger partial charge in [-0.05, 0) is 61.9 Å². The Kier molecular flexibility index (Phi) is 5.40. The summed E-state index contributed by atoms with van der Waals surface area (Å²) in [5.41, 5.74) is 6.42. The fourth-order valence-corrected chi connectivity index (χ4v) is 4.47. The van der Waals surface area contributed by atoms with E-state index >= 15 is 0 Å². The van der Waals surface area contributed by atoms with Gasteiger partial charge in [-0.25, -0.2) is 0 Å². The van der Waals surface area contributed by atoms with Crippen LogP contribution in [0.25, 0.3) is 0 Å². The maximum absolute atomic E-state index is 6.17. The first-order chi connectivity index (χ1) is 8.61. The van der Waals surface area contributed by atoms with Crippen LogP contribution in [0.2, 0.25) is 0 Å². The van der Waals surface area contributed by atoms with E-state index in [0.717, 1.165) is 12.5 Å². The summed E-state index contributed by atoms with van der Waals surface area (Å²) in [6, 6.07) is 0.380. The lowest BCUT2D eigenvalue weighted by molar-refractivity contribution is -0.103. The molecule has 2 fully saturated rings. The largest absolute Gasteiger partial charge is 0.375 e. The molecule has 1 spiro atoms. The minimum atomic E-state index is 0.246. The maximum Gasteiger partial charge on any atom is 0.0700 e. The first kappa shape index (κ1) is 14.7. The number of rotatable bonds is 4. The topological polar surface area (TPSA) is 35.2 Å². The van der Waals surface area contributed by atoms with Gasteiger partial charge in [0.25, 0.3) is 0 Å². The van der Waals surface area contributed by atoms with Crippen LogP contribution in [0, 0.1) is 11.8 Å². The second kappa shape index (κ2) is 6.62. The summed E-state index contributed by atoms with van der Waals surface area (Å²) in [6.45, 7) is 5.44. The third-order valence-electron chi connectivity index (χ3n) is 4.76. The van der Waals surface area contributed by atoms with E-state index in [0.29, 0.717) is 12.0 Å². The summed E-state index contributed by atoms with van der Waals surface area (Å²) < 4.78 is 6.15. The Labute approximate surface area is 116 Å². The summed E-state index contributed by atoms with van der Waals surface area (Å²) in [5.74, 6) is 4.05. The first-order valence-electron chi connectivity index (χ1n) is 7.59. The van der Waals surface area contributed by atoms with E-state index in [9.17, 15) is 0 Å². The SMILES string of the molecule is CC(C)C(N)CCC1CCOC2(CCSCC2)C1. The molecule has 3 heteroatoms. The van der Waals surface area contributed by atoms with Crippen LogP contribution in [0.3, 0.4) is 0 Å². The standard InChI is InChI=1S/C15H29NOS/c1-12(2)14(16)4-3-13-5-8-17-15(11-13)6-9-18-10-7-15/h12-14H,3-11,16H2,1-2H3. The molecule has 18 heavy (non-hydrogen) atoms. The molecule has 0 aromatic rings. The highest BCUT2D eigenvalue weighted by molar-refractivity contribution is 7.99. The van der Waals surface area contributed by atoms with Crippen molar-refractivity contribution in [3.63, 3.8) is 0 Å². The van der Waals surface area contributed by atoms with E-state index in [1.54, 1.807) is 0 Å². The summed E-state index contributed by atoms with van der Waals surface area (Å²) in [7, 11) is 0. The number of ether oxygens (including phenoxy) is 1. The van der Waals surface area contributed by atoms with Gasteiger partial charge in [-0.1, -0.05) is 13.8 Å². The minimum absolute atomic E-state index is 0.246. The molecule has 0 saturated carbocycles. The predicted octanol–water partition coefficient (Wildman–Crippen LogP) is 3.44. The van der Waals surface area contributed by atoms with Crippen LogP contribution >= 0.6 is 11.8 Å². The second-order valence-electron chi connectivity index (χ2n) is 6.49. The van der Waals surface area contributed by atoms with Crippen molar-refractivity contribution in [1.29, 1.82) is 0 Å². The van der Waals surface area contributed by atoms with Gasteiger partial charge in [0, 0.05) is 12.6 Å². The molecular formula is C15H29NOS. The van der Waals surface area contributed by atoms with Gasteiger partial charge in [-0.15, -0.1) is 0 Å². The Morgan fingerprint density at radius 3 is 2.72 bits per heavy atom. The summed E-state index contributed by atoms with van der Waals surface area (Å²) in [6.07, 6.45) is 7.57. The molecule has 0 aromatic carbocycles. The van der Waals surface area contributed by atoms with Crippen molar-refractivity contribution in [3.05, 3.63) is 0 Å². The molecule has 2 atom stereocenters. The highest BCUT2D eigenvalue weighted by Crippen LogP contribution is 2.41. The van der Waals surface area contributed by atoms with Crippen LogP contribution in [0.4, 0.5) is 0 Å². The lowest BCUT2D eigenvalue weighted by Crippen LogP contribution is -2.43. The zero-order valence-electron chi connectivity index (χ0n) is 12.0. The normalized spacial score (nSPS) is 29.7. The van der Waals surface area contributed by atoms with Crippen molar-refractivity contribution >= 4 is 11.8 Å². The Hall–Kier alpha value is 0.270. The molecule has 0 amide bonds. The third kappa shape index (κ3) is 3.88. The molecule has 2 aliphatic rings. The molecule has 2 rings (SSSR count). The van der Waals surface area contributed by atoms with E-state index < -0.39 is 0 Å². The van der Waals surface area contributed by atoms with Gasteiger partial charge in [0.1, 0.15) is 0 Å². The molecule has 0 radical (unpaired) electrons. The minimum Gasteiger partial charge on any atom is -0.375 e. The molecule has 106 valence electrons. The molecule has 2 unspecified atom stereocenters. The summed E-state index contributed by atoms with van der Waals surface area (Å²) in [4.78, 5) is 0. The average molecular weight is 271 g/mol. The van der Waals surface area contributed by atoms with Gasteiger partial charge in [0.05, 0.1) is 5.60 Å². The van der Waals surface area contributed by atoms with E-state index in [-0.39, 0.29) is 5.60 Å². The molecule has 0 aliphatic carbocycles. The predicted molar refractivity (Wildman–Crippen MR) is 80.0 cm³/mol. The monoisotopic (exact) mass is 271 g/mol. The van der Waals surface area contributed by atoms with Gasteiger partial charge in [0.2, 0.25) is 0 Å². The Morgan fingerprint density at radius 1 is 1.33 bits per heavy atom. The summed E-state index contributed by atoms with van der Waals surface area (Å²) >= 11 is 2.09. The van der Waals surface area contributed by atoms with Crippen molar-refractivity contribution < 1.29 is 4.74 Å². The van der Waals surface area contributed by atoms with E-state index in [1.165, 1.54) is 50.0 Å². The highest BCUT2D eigenvalue weighted by atomic mass is 32.2. The molecule has 2 nitrogen and oxygen atoms in total. The Morgan fingerprint density at radius 2 is 2.06 bits per heavy atom. The highest BCUT2D eigenvalue weighted by Gasteiger charge is 2.38. The quantitative estimate of drug-likeness (QED) is 0.850. The fraction of sp³-hybridized carbons (Fsp3) is 1.00. The Balaban J connectivity index is 1.79. The zero-order chi connectivity index (χ0) is 13.0. The van der Waals surface area contributed by atoms with Crippen LogP contribution in [-0.4, -0.2) is 29.8 Å². The van der Waals surface area contributed by atoms with Crippen molar-refractivity contribution in [1.82, 2.24) is 0 Å². The van der Waals surface area contributed by atoms with Crippen molar-refractivity contribution in [3.8, 4) is 0 Å². The number of hydrogen-bond acceptors (Lipinski definition) is 3. The van der Waals surface area contributed by atoms with Gasteiger partial charge in [0.15, 0.2) is 0 Å². The fourth-order valence-electron chi connectivity index (χ4n) is 3.23. The van der Waals surface area contributed by atoms with Crippen LogP contribution in [-0.2, 0) is 4.74 Å². The average Bonchev–Trinajstić information content (AvgIpc) is 2.37. The van der Waals surface area contributed by atoms with Crippen LogP contribution in [0.15, 0.2) is 0 Å². The smallest absolute Gasteiger partial charge is 0.0700 e. The van der Waals surface area contributed by atoms with E-state index in [2.05, 4.69) is 25.6 Å². The molecule has 2 aliphatic heterocycles. The number of thioether (sulfide) groups is 1. The lowest BCUT2D eigenvalue weighted by atomic mass is 9.79. The third-order valence-corrected chi connectivity index (χ3v) is 5.75. The van der Waals surface area contributed by atoms with Crippen LogP contribution in [0.5, 0.6) is 0 Å². The van der Waals surface area contributed by atoms with Gasteiger partial charge >= 0.3 is 0 Å². The van der Waals surface area contributed by atoms with Gasteiger partial charge in [-0.2, -0.15) is 11.8 Å². The first-order valence-corrected chi connectivity index (χ1v) is 8.74. The van der Waals surface area contributed by atoms with Crippen LogP contribution < -0.4 is 5.73 Å². The molecule has 2 saturated heterocycles. The Bertz CT molecular complexity index is 245. The van der Waals surface area contributed by atoms with Crippen molar-refractivity contribution in [2.45, 2.75) is 64.0 Å². The summed E-state index contributed by atoms with van der Waals surface area (Å²) in [5, 5.41) is 0. The number of nitrogens with two attached hydrogens (primary N) is 1.